The Hall–Kier alpha value is -2.21. The summed E-state index contributed by atoms with van der Waals surface area (Å²) in [6.45, 7) is 1.03. The van der Waals surface area contributed by atoms with E-state index >= 15 is 0 Å². The quantitative estimate of drug-likeness (QED) is 0.857. The average Bonchev–Trinajstić information content (AvgIpc) is 3.46. The number of nitrogens with zero attached hydrogens (tertiary/aromatic N) is 2. The lowest BCUT2D eigenvalue weighted by atomic mass is 10.1. The van der Waals surface area contributed by atoms with E-state index in [1.807, 2.05) is 0 Å². The second-order valence-corrected chi connectivity index (χ2v) is 6.89. The molecule has 2 atom stereocenters. The molecule has 0 radical (unpaired) electrons. The Labute approximate surface area is 140 Å². The second-order valence-electron chi connectivity index (χ2n) is 6.89. The molecule has 2 saturated carbocycles. The van der Waals surface area contributed by atoms with Gasteiger partial charge < -0.3 is 10.6 Å². The van der Waals surface area contributed by atoms with Crippen LogP contribution < -0.4 is 10.6 Å². The van der Waals surface area contributed by atoms with Gasteiger partial charge in [0.05, 0.1) is 11.9 Å². The molecule has 4 rings (SSSR count). The van der Waals surface area contributed by atoms with Gasteiger partial charge in [0.2, 0.25) is 0 Å². The zero-order valence-electron chi connectivity index (χ0n) is 13.6. The fraction of sp³-hybridized carbons (Fsp3) is 0.444. The third-order valence-electron chi connectivity index (χ3n) is 4.78. The van der Waals surface area contributed by atoms with Crippen molar-refractivity contribution in [2.45, 2.75) is 31.2 Å². The predicted octanol–water partition coefficient (Wildman–Crippen LogP) is 2.67. The molecule has 2 fully saturated rings. The van der Waals surface area contributed by atoms with Gasteiger partial charge >= 0.3 is 0 Å². The third kappa shape index (κ3) is 3.33. The van der Waals surface area contributed by atoms with Crippen LogP contribution in [-0.4, -0.2) is 28.3 Å². The van der Waals surface area contributed by atoms with Crippen molar-refractivity contribution in [3.05, 3.63) is 47.5 Å². The van der Waals surface area contributed by atoms with E-state index in [-0.39, 0.29) is 17.6 Å². The lowest BCUT2D eigenvalue weighted by molar-refractivity contribution is 0.102. The molecule has 2 aliphatic rings. The molecule has 2 aliphatic carbocycles. The van der Waals surface area contributed by atoms with E-state index in [2.05, 4.69) is 15.7 Å². The second kappa shape index (κ2) is 6.02. The van der Waals surface area contributed by atoms with Gasteiger partial charge in [-0.25, -0.2) is 4.39 Å². The predicted molar refractivity (Wildman–Crippen MR) is 89.4 cm³/mol. The Morgan fingerprint density at radius 3 is 2.96 bits per heavy atom. The van der Waals surface area contributed by atoms with Crippen molar-refractivity contribution in [2.24, 2.45) is 13.0 Å². The SMILES string of the molecule is Cn1cc(NC(=O)c2ccc(F)c([C@@H]3C[C@H]3NCC3CC3)c2)cn1. The number of carbonyl (C=O) groups is 1. The van der Waals surface area contributed by atoms with Crippen molar-refractivity contribution in [1.29, 1.82) is 0 Å². The van der Waals surface area contributed by atoms with Crippen molar-refractivity contribution in [2.75, 3.05) is 11.9 Å². The number of benzene rings is 1. The van der Waals surface area contributed by atoms with Crippen molar-refractivity contribution in [3.63, 3.8) is 0 Å². The first-order valence-electron chi connectivity index (χ1n) is 8.43. The van der Waals surface area contributed by atoms with Crippen molar-refractivity contribution in [1.82, 2.24) is 15.1 Å². The van der Waals surface area contributed by atoms with E-state index in [4.69, 9.17) is 0 Å². The summed E-state index contributed by atoms with van der Waals surface area (Å²) in [4.78, 5) is 12.3. The first kappa shape index (κ1) is 15.3. The highest BCUT2D eigenvalue weighted by Crippen LogP contribution is 2.43. The van der Waals surface area contributed by atoms with E-state index < -0.39 is 0 Å². The lowest BCUT2D eigenvalue weighted by Gasteiger charge is -2.08. The number of aromatic nitrogens is 2. The summed E-state index contributed by atoms with van der Waals surface area (Å²) < 4.78 is 15.8. The highest BCUT2D eigenvalue weighted by molar-refractivity contribution is 6.04. The van der Waals surface area contributed by atoms with Gasteiger partial charge in [-0.05, 0) is 55.5 Å². The molecular formula is C18H21FN4O. The molecule has 0 saturated heterocycles. The fourth-order valence-corrected chi connectivity index (χ4v) is 3.06. The maximum Gasteiger partial charge on any atom is 0.255 e. The molecule has 1 aromatic heterocycles. The molecule has 0 aliphatic heterocycles. The number of aryl methyl sites for hydroxylation is 1. The normalized spacial score (nSPS) is 22.4. The van der Waals surface area contributed by atoms with E-state index in [1.165, 1.54) is 25.0 Å². The van der Waals surface area contributed by atoms with Gasteiger partial charge in [0.15, 0.2) is 0 Å². The number of hydrogen-bond donors (Lipinski definition) is 2. The topological polar surface area (TPSA) is 59.0 Å². The molecule has 126 valence electrons. The Bertz CT molecular complexity index is 768. The molecule has 0 bridgehead atoms. The average molecular weight is 328 g/mol. The largest absolute Gasteiger partial charge is 0.319 e. The van der Waals surface area contributed by atoms with E-state index in [1.54, 1.807) is 30.2 Å². The van der Waals surface area contributed by atoms with E-state index in [9.17, 15) is 9.18 Å². The Morgan fingerprint density at radius 2 is 2.25 bits per heavy atom. The van der Waals surface area contributed by atoms with Crippen LogP contribution in [0.4, 0.5) is 10.1 Å². The highest BCUT2D eigenvalue weighted by Gasteiger charge is 2.40. The summed E-state index contributed by atoms with van der Waals surface area (Å²) in [7, 11) is 1.79. The summed E-state index contributed by atoms with van der Waals surface area (Å²) in [5.74, 6) is 0.517. The van der Waals surface area contributed by atoms with Crippen LogP contribution in [-0.2, 0) is 7.05 Å². The van der Waals surface area contributed by atoms with Crippen LogP contribution in [0.5, 0.6) is 0 Å². The van der Waals surface area contributed by atoms with Crippen LogP contribution in [0.25, 0.3) is 0 Å². The molecule has 6 heteroatoms. The zero-order chi connectivity index (χ0) is 16.7. The first-order valence-corrected chi connectivity index (χ1v) is 8.43. The van der Waals surface area contributed by atoms with Gasteiger partial charge in [0, 0.05) is 30.8 Å². The molecule has 0 unspecified atom stereocenters. The number of amides is 1. The Morgan fingerprint density at radius 1 is 1.42 bits per heavy atom. The molecule has 5 nitrogen and oxygen atoms in total. The van der Waals surface area contributed by atoms with E-state index in [0.29, 0.717) is 22.9 Å². The molecule has 0 spiro atoms. The number of anilines is 1. The van der Waals surface area contributed by atoms with Crippen LogP contribution in [0.15, 0.2) is 30.6 Å². The van der Waals surface area contributed by atoms with Gasteiger partial charge in [-0.3, -0.25) is 9.48 Å². The zero-order valence-corrected chi connectivity index (χ0v) is 13.6. The number of hydrogen-bond acceptors (Lipinski definition) is 3. The van der Waals surface area contributed by atoms with Crippen molar-refractivity contribution >= 4 is 11.6 Å². The Balaban J connectivity index is 1.44. The van der Waals surface area contributed by atoms with Gasteiger partial charge in [-0.15, -0.1) is 0 Å². The molecule has 1 amide bonds. The van der Waals surface area contributed by atoms with Crippen LogP contribution in [0.2, 0.25) is 0 Å². The fourth-order valence-electron chi connectivity index (χ4n) is 3.06. The summed E-state index contributed by atoms with van der Waals surface area (Å²) in [6, 6.07) is 4.95. The van der Waals surface area contributed by atoms with E-state index in [0.717, 1.165) is 18.9 Å². The summed E-state index contributed by atoms with van der Waals surface area (Å²) in [5.41, 5.74) is 1.74. The number of rotatable bonds is 6. The molecular weight excluding hydrogens is 307 g/mol. The summed E-state index contributed by atoms with van der Waals surface area (Å²) >= 11 is 0. The minimum atomic E-state index is -0.243. The number of nitrogens with one attached hydrogen (secondary N) is 2. The molecule has 1 heterocycles. The van der Waals surface area contributed by atoms with Gasteiger partial charge in [0.1, 0.15) is 5.82 Å². The third-order valence-corrected chi connectivity index (χ3v) is 4.78. The summed E-state index contributed by atoms with van der Waals surface area (Å²) in [5, 5.41) is 10.3. The molecule has 1 aromatic carbocycles. The van der Waals surface area contributed by atoms with Crippen molar-refractivity contribution < 1.29 is 9.18 Å². The number of carbonyl (C=O) groups excluding carboxylic acids is 1. The van der Waals surface area contributed by atoms with Crippen LogP contribution in [0, 0.1) is 11.7 Å². The molecule has 2 N–H and O–H groups in total. The molecule has 2 aromatic rings. The maximum absolute atomic E-state index is 14.2. The maximum atomic E-state index is 14.2. The first-order chi connectivity index (χ1) is 11.6. The van der Waals surface area contributed by atoms with Gasteiger partial charge in [-0.1, -0.05) is 0 Å². The monoisotopic (exact) mass is 328 g/mol. The van der Waals surface area contributed by atoms with Crippen LogP contribution in [0.1, 0.15) is 41.1 Å². The van der Waals surface area contributed by atoms with Gasteiger partial charge in [0.25, 0.3) is 5.91 Å². The minimum absolute atomic E-state index is 0.176. The molecule has 24 heavy (non-hydrogen) atoms. The van der Waals surface area contributed by atoms with Crippen LogP contribution in [0.3, 0.4) is 0 Å². The minimum Gasteiger partial charge on any atom is -0.319 e. The van der Waals surface area contributed by atoms with Gasteiger partial charge in [-0.2, -0.15) is 5.10 Å². The smallest absolute Gasteiger partial charge is 0.255 e. The van der Waals surface area contributed by atoms with Crippen LogP contribution >= 0.6 is 0 Å². The lowest BCUT2D eigenvalue weighted by Crippen LogP contribution is -2.20. The Kier molecular flexibility index (Phi) is 3.84. The highest BCUT2D eigenvalue weighted by atomic mass is 19.1. The standard InChI is InChI=1S/C18H21FN4O/c1-23-10-13(9-21-23)22-18(24)12-4-5-16(19)14(6-12)15-7-17(15)20-8-11-2-3-11/h4-6,9-11,15,17,20H,2-3,7-8H2,1H3,(H,22,24)/t15-,17+/m0/s1. The number of halogens is 1. The summed E-state index contributed by atoms with van der Waals surface area (Å²) in [6.07, 6.45) is 6.87. The van der Waals surface area contributed by atoms with Crippen molar-refractivity contribution in [3.8, 4) is 0 Å².